The molecule has 3 heteroatoms. The van der Waals surface area contributed by atoms with Crippen molar-refractivity contribution in [2.75, 3.05) is 0 Å². The molecule has 0 heterocycles. The standard InChI is InChI=1S/C7H12O3/c1-3-4-5(2)6(8)7(9)10/h3-6,8H,1-2H3,(H,9,10)/b4-3+/t5-,6-/m1/s1. The van der Waals surface area contributed by atoms with Crippen LogP contribution in [-0.4, -0.2) is 22.3 Å². The summed E-state index contributed by atoms with van der Waals surface area (Å²) in [5, 5.41) is 17.2. The molecule has 0 aliphatic rings. The lowest BCUT2D eigenvalue weighted by Gasteiger charge is -2.08. The van der Waals surface area contributed by atoms with Crippen molar-refractivity contribution < 1.29 is 15.0 Å². The molecule has 0 aliphatic heterocycles. The van der Waals surface area contributed by atoms with Crippen molar-refractivity contribution in [2.24, 2.45) is 5.92 Å². The van der Waals surface area contributed by atoms with Gasteiger partial charge in [-0.1, -0.05) is 19.1 Å². The van der Waals surface area contributed by atoms with E-state index in [-0.39, 0.29) is 5.92 Å². The van der Waals surface area contributed by atoms with Crippen molar-refractivity contribution in [1.29, 1.82) is 0 Å². The maximum Gasteiger partial charge on any atom is 0.333 e. The quantitative estimate of drug-likeness (QED) is 0.571. The number of aliphatic carboxylic acids is 1. The monoisotopic (exact) mass is 144 g/mol. The molecule has 0 aromatic carbocycles. The van der Waals surface area contributed by atoms with E-state index in [4.69, 9.17) is 10.2 Å². The lowest BCUT2D eigenvalue weighted by molar-refractivity contribution is -0.148. The Morgan fingerprint density at radius 3 is 2.40 bits per heavy atom. The Hall–Kier alpha value is -0.830. The SMILES string of the molecule is C/C=C/[C@@H](C)[C@@H](O)C(=O)O. The fraction of sp³-hybridized carbons (Fsp3) is 0.571. The predicted octanol–water partition coefficient (Wildman–Crippen LogP) is 0.644. The molecule has 0 bridgehead atoms. The lowest BCUT2D eigenvalue weighted by Crippen LogP contribution is -2.25. The van der Waals surface area contributed by atoms with E-state index < -0.39 is 12.1 Å². The summed E-state index contributed by atoms with van der Waals surface area (Å²) in [4.78, 5) is 10.1. The molecule has 0 saturated carbocycles. The van der Waals surface area contributed by atoms with E-state index in [1.165, 1.54) is 0 Å². The van der Waals surface area contributed by atoms with Crippen molar-refractivity contribution in [2.45, 2.75) is 20.0 Å². The third-order valence-corrected chi connectivity index (χ3v) is 1.25. The van der Waals surface area contributed by atoms with Crippen molar-refractivity contribution >= 4 is 5.97 Å². The maximum atomic E-state index is 10.1. The van der Waals surface area contributed by atoms with Gasteiger partial charge in [-0.3, -0.25) is 0 Å². The highest BCUT2D eigenvalue weighted by Gasteiger charge is 2.18. The molecule has 10 heavy (non-hydrogen) atoms. The van der Waals surface area contributed by atoms with Crippen molar-refractivity contribution in [3.05, 3.63) is 12.2 Å². The first-order valence-electron chi connectivity index (χ1n) is 3.13. The van der Waals surface area contributed by atoms with Crippen LogP contribution in [-0.2, 0) is 4.79 Å². The first kappa shape index (κ1) is 9.17. The molecule has 0 spiro atoms. The van der Waals surface area contributed by atoms with Gasteiger partial charge >= 0.3 is 5.97 Å². The zero-order valence-corrected chi connectivity index (χ0v) is 6.11. The van der Waals surface area contributed by atoms with Gasteiger partial charge in [0.15, 0.2) is 6.10 Å². The van der Waals surface area contributed by atoms with Crippen LogP contribution in [0.15, 0.2) is 12.2 Å². The van der Waals surface area contributed by atoms with Gasteiger partial charge in [-0.2, -0.15) is 0 Å². The number of aliphatic hydroxyl groups is 1. The van der Waals surface area contributed by atoms with E-state index in [1.54, 1.807) is 26.0 Å². The van der Waals surface area contributed by atoms with Crippen LogP contribution in [0.25, 0.3) is 0 Å². The molecule has 3 nitrogen and oxygen atoms in total. The molecule has 0 amide bonds. The minimum atomic E-state index is -1.28. The number of allylic oxidation sites excluding steroid dienone is 1. The summed E-state index contributed by atoms with van der Waals surface area (Å²) in [6.45, 7) is 3.43. The van der Waals surface area contributed by atoms with Crippen molar-refractivity contribution in [3.63, 3.8) is 0 Å². The van der Waals surface area contributed by atoms with E-state index in [9.17, 15) is 4.79 Å². The normalized spacial score (nSPS) is 17.1. The largest absolute Gasteiger partial charge is 0.479 e. The highest BCUT2D eigenvalue weighted by atomic mass is 16.4. The Morgan fingerprint density at radius 1 is 1.60 bits per heavy atom. The maximum absolute atomic E-state index is 10.1. The Balaban J connectivity index is 3.93. The van der Waals surface area contributed by atoms with Gasteiger partial charge in [0.2, 0.25) is 0 Å². The van der Waals surface area contributed by atoms with Crippen molar-refractivity contribution in [1.82, 2.24) is 0 Å². The van der Waals surface area contributed by atoms with E-state index in [2.05, 4.69) is 0 Å². The second-order valence-electron chi connectivity index (χ2n) is 2.17. The fourth-order valence-electron chi connectivity index (χ4n) is 0.634. The molecule has 0 rings (SSSR count). The van der Waals surface area contributed by atoms with E-state index in [0.29, 0.717) is 0 Å². The molecular formula is C7H12O3. The molecule has 0 aromatic rings. The molecule has 0 aromatic heterocycles. The zero-order valence-electron chi connectivity index (χ0n) is 6.11. The van der Waals surface area contributed by atoms with Crippen LogP contribution in [0.4, 0.5) is 0 Å². The molecular weight excluding hydrogens is 132 g/mol. The molecule has 0 saturated heterocycles. The van der Waals surface area contributed by atoms with E-state index in [1.807, 2.05) is 0 Å². The second-order valence-corrected chi connectivity index (χ2v) is 2.17. The number of hydrogen-bond donors (Lipinski definition) is 2. The molecule has 0 unspecified atom stereocenters. The van der Waals surface area contributed by atoms with Crippen LogP contribution in [0.3, 0.4) is 0 Å². The summed E-state index contributed by atoms with van der Waals surface area (Å²) < 4.78 is 0. The first-order chi connectivity index (χ1) is 4.59. The molecule has 0 aliphatic carbocycles. The van der Waals surface area contributed by atoms with Crippen LogP contribution in [0.5, 0.6) is 0 Å². The lowest BCUT2D eigenvalue weighted by atomic mass is 10.1. The summed E-state index contributed by atoms with van der Waals surface area (Å²) in [5.41, 5.74) is 0. The van der Waals surface area contributed by atoms with Gasteiger partial charge in [-0.15, -0.1) is 0 Å². The molecule has 0 fully saturated rings. The molecule has 58 valence electrons. The Kier molecular flexibility index (Phi) is 3.72. The van der Waals surface area contributed by atoms with Gasteiger partial charge in [0.05, 0.1) is 0 Å². The number of carbonyl (C=O) groups is 1. The number of aliphatic hydroxyl groups excluding tert-OH is 1. The topological polar surface area (TPSA) is 57.5 Å². The number of rotatable bonds is 3. The van der Waals surface area contributed by atoms with Gasteiger partial charge in [0.25, 0.3) is 0 Å². The van der Waals surface area contributed by atoms with Gasteiger partial charge in [-0.25, -0.2) is 4.79 Å². The smallest absolute Gasteiger partial charge is 0.333 e. The van der Waals surface area contributed by atoms with E-state index >= 15 is 0 Å². The summed E-state index contributed by atoms with van der Waals surface area (Å²) in [6.07, 6.45) is 2.09. The second kappa shape index (κ2) is 4.06. The fourth-order valence-corrected chi connectivity index (χ4v) is 0.634. The van der Waals surface area contributed by atoms with Crippen molar-refractivity contribution in [3.8, 4) is 0 Å². The number of hydrogen-bond acceptors (Lipinski definition) is 2. The van der Waals surface area contributed by atoms with Gasteiger partial charge in [-0.05, 0) is 6.92 Å². The van der Waals surface area contributed by atoms with Gasteiger partial charge < -0.3 is 10.2 Å². The summed E-state index contributed by atoms with van der Waals surface area (Å²) >= 11 is 0. The highest BCUT2D eigenvalue weighted by molar-refractivity contribution is 5.72. The average molecular weight is 144 g/mol. The first-order valence-corrected chi connectivity index (χ1v) is 3.13. The minimum absolute atomic E-state index is 0.317. The zero-order chi connectivity index (χ0) is 8.15. The molecule has 2 N–H and O–H groups in total. The summed E-state index contributed by atoms with van der Waals surface area (Å²) in [6, 6.07) is 0. The summed E-state index contributed by atoms with van der Waals surface area (Å²) in [5.74, 6) is -1.49. The molecule has 2 atom stereocenters. The average Bonchev–Trinajstić information content (AvgIpc) is 1.87. The van der Waals surface area contributed by atoms with Gasteiger partial charge in [0.1, 0.15) is 0 Å². The predicted molar refractivity (Wildman–Crippen MR) is 37.6 cm³/mol. The summed E-state index contributed by atoms with van der Waals surface area (Å²) in [7, 11) is 0. The Bertz CT molecular complexity index is 140. The Morgan fingerprint density at radius 2 is 2.10 bits per heavy atom. The van der Waals surface area contributed by atoms with E-state index in [0.717, 1.165) is 0 Å². The number of carboxylic acid groups (broad SMARTS) is 1. The van der Waals surface area contributed by atoms with Crippen LogP contribution in [0.2, 0.25) is 0 Å². The third-order valence-electron chi connectivity index (χ3n) is 1.25. The van der Waals surface area contributed by atoms with Crippen LogP contribution < -0.4 is 0 Å². The van der Waals surface area contributed by atoms with Crippen LogP contribution >= 0.6 is 0 Å². The van der Waals surface area contributed by atoms with Gasteiger partial charge in [0, 0.05) is 5.92 Å². The van der Waals surface area contributed by atoms with Crippen LogP contribution in [0.1, 0.15) is 13.8 Å². The highest BCUT2D eigenvalue weighted by Crippen LogP contribution is 2.03. The molecule has 0 radical (unpaired) electrons. The van der Waals surface area contributed by atoms with Crippen LogP contribution in [0, 0.1) is 5.92 Å². The minimum Gasteiger partial charge on any atom is -0.479 e. The third kappa shape index (κ3) is 2.64. The number of carboxylic acids is 1. The Labute approximate surface area is 60.0 Å².